The lowest BCUT2D eigenvalue weighted by molar-refractivity contribution is -0.116. The van der Waals surface area contributed by atoms with Crippen LogP contribution in [0.15, 0.2) is 51.4 Å². The molecule has 34 heavy (non-hydrogen) atoms. The minimum Gasteiger partial charge on any atom is -0.495 e. The topological polar surface area (TPSA) is 82.3 Å². The maximum absolute atomic E-state index is 13.4. The lowest BCUT2D eigenvalue weighted by atomic mass is 10.1. The first kappa shape index (κ1) is 23.8. The van der Waals surface area contributed by atoms with Crippen LogP contribution in [-0.2, 0) is 17.9 Å². The molecule has 0 atom stereocenters. The quantitative estimate of drug-likeness (QED) is 0.425. The van der Waals surface area contributed by atoms with Crippen molar-refractivity contribution in [3.05, 3.63) is 89.9 Å². The number of carbonyl (C=O) groups is 1. The summed E-state index contributed by atoms with van der Waals surface area (Å²) in [5.41, 5.74) is 3.82. The minimum absolute atomic E-state index is 0.123. The number of halogens is 1. The number of thiophene rings is 1. The van der Waals surface area contributed by atoms with E-state index in [1.807, 2.05) is 39.0 Å². The van der Waals surface area contributed by atoms with Gasteiger partial charge >= 0.3 is 5.69 Å². The summed E-state index contributed by atoms with van der Waals surface area (Å²) >= 11 is 7.40. The summed E-state index contributed by atoms with van der Waals surface area (Å²) in [6.45, 7) is 5.67. The number of rotatable bonds is 6. The van der Waals surface area contributed by atoms with E-state index in [-0.39, 0.29) is 18.6 Å². The molecule has 7 nitrogen and oxygen atoms in total. The molecule has 4 rings (SSSR count). The molecule has 0 aliphatic rings. The smallest absolute Gasteiger partial charge is 0.332 e. The second-order valence-corrected chi connectivity index (χ2v) is 9.49. The highest BCUT2D eigenvalue weighted by Gasteiger charge is 2.18. The van der Waals surface area contributed by atoms with Gasteiger partial charge in [-0.05, 0) is 60.5 Å². The molecule has 2 heterocycles. The van der Waals surface area contributed by atoms with Crippen LogP contribution in [0, 0.1) is 20.8 Å². The Bertz CT molecular complexity index is 1530. The molecule has 0 unspecified atom stereocenters. The van der Waals surface area contributed by atoms with Gasteiger partial charge in [0.1, 0.15) is 17.0 Å². The molecule has 0 spiro atoms. The van der Waals surface area contributed by atoms with Crippen molar-refractivity contribution in [2.45, 2.75) is 33.9 Å². The van der Waals surface area contributed by atoms with Crippen LogP contribution in [0.25, 0.3) is 10.2 Å². The Morgan fingerprint density at radius 2 is 1.79 bits per heavy atom. The summed E-state index contributed by atoms with van der Waals surface area (Å²) in [4.78, 5) is 39.4. The van der Waals surface area contributed by atoms with Crippen molar-refractivity contribution >= 4 is 44.7 Å². The molecular weight excluding hydrogens is 474 g/mol. The SMILES string of the molecule is COc1cc(Cl)c(C)cc1NC(=O)Cn1c(=O)n(Cc2ccc(C)c(C)c2)c(=O)c2sccc21. The Morgan fingerprint density at radius 3 is 2.50 bits per heavy atom. The number of carbonyl (C=O) groups excluding carboxylic acids is 1. The van der Waals surface area contributed by atoms with E-state index >= 15 is 0 Å². The lowest BCUT2D eigenvalue weighted by Gasteiger charge is -2.15. The Hall–Kier alpha value is -3.36. The molecule has 0 radical (unpaired) electrons. The third kappa shape index (κ3) is 4.51. The van der Waals surface area contributed by atoms with Gasteiger partial charge < -0.3 is 10.1 Å². The van der Waals surface area contributed by atoms with Gasteiger partial charge in [0.25, 0.3) is 5.56 Å². The van der Waals surface area contributed by atoms with Gasteiger partial charge in [-0.1, -0.05) is 29.8 Å². The molecule has 4 aromatic rings. The third-order valence-corrected chi connectivity index (χ3v) is 7.10. The number of ether oxygens (including phenoxy) is 1. The Labute approximate surface area is 205 Å². The standard InChI is InChI=1S/C25H24ClN3O4S/c1-14-5-6-17(9-15(14)2)12-29-24(31)23-20(7-8-34-23)28(25(29)32)13-22(30)27-19-10-16(3)18(26)11-21(19)33-4/h5-11H,12-13H2,1-4H3,(H,27,30). The summed E-state index contributed by atoms with van der Waals surface area (Å²) in [5.74, 6) is -0.0114. The first-order chi connectivity index (χ1) is 16.2. The van der Waals surface area contributed by atoms with Gasteiger partial charge in [0.2, 0.25) is 5.91 Å². The van der Waals surface area contributed by atoms with Gasteiger partial charge in [-0.3, -0.25) is 18.7 Å². The molecule has 0 saturated carbocycles. The minimum atomic E-state index is -0.538. The lowest BCUT2D eigenvalue weighted by Crippen LogP contribution is -2.41. The highest BCUT2D eigenvalue weighted by molar-refractivity contribution is 7.17. The fourth-order valence-electron chi connectivity index (χ4n) is 3.77. The Morgan fingerprint density at radius 1 is 1.03 bits per heavy atom. The van der Waals surface area contributed by atoms with Crippen LogP contribution in [0.2, 0.25) is 5.02 Å². The molecular formula is C25H24ClN3O4S. The van der Waals surface area contributed by atoms with Crippen LogP contribution in [0.4, 0.5) is 5.69 Å². The Balaban J connectivity index is 1.72. The summed E-state index contributed by atoms with van der Waals surface area (Å²) in [5, 5.41) is 5.05. The summed E-state index contributed by atoms with van der Waals surface area (Å²) in [7, 11) is 1.48. The zero-order valence-electron chi connectivity index (χ0n) is 19.3. The number of aromatic nitrogens is 2. The second-order valence-electron chi connectivity index (χ2n) is 8.16. The average molecular weight is 498 g/mol. The van der Waals surface area contributed by atoms with Crippen molar-refractivity contribution in [2.24, 2.45) is 0 Å². The predicted octanol–water partition coefficient (Wildman–Crippen LogP) is 4.50. The first-order valence-corrected chi connectivity index (χ1v) is 11.9. The molecule has 9 heteroatoms. The van der Waals surface area contributed by atoms with Crippen molar-refractivity contribution in [2.75, 3.05) is 12.4 Å². The second kappa shape index (κ2) is 9.48. The number of methoxy groups -OCH3 is 1. The van der Waals surface area contributed by atoms with Crippen LogP contribution in [0.5, 0.6) is 5.75 Å². The molecule has 2 aromatic carbocycles. The average Bonchev–Trinajstić information content (AvgIpc) is 3.29. The van der Waals surface area contributed by atoms with Crippen LogP contribution in [0.1, 0.15) is 22.3 Å². The summed E-state index contributed by atoms with van der Waals surface area (Å²) < 4.78 is 8.26. The molecule has 1 amide bonds. The molecule has 0 aliphatic heterocycles. The van der Waals surface area contributed by atoms with Crippen molar-refractivity contribution in [1.82, 2.24) is 9.13 Å². The number of anilines is 1. The van der Waals surface area contributed by atoms with E-state index in [0.717, 1.165) is 22.3 Å². The largest absolute Gasteiger partial charge is 0.495 e. The molecule has 176 valence electrons. The highest BCUT2D eigenvalue weighted by Crippen LogP contribution is 2.31. The molecule has 1 N–H and O–H groups in total. The predicted molar refractivity (Wildman–Crippen MR) is 137 cm³/mol. The molecule has 0 saturated heterocycles. The molecule has 0 bridgehead atoms. The van der Waals surface area contributed by atoms with Crippen molar-refractivity contribution in [3.63, 3.8) is 0 Å². The van der Waals surface area contributed by atoms with Crippen molar-refractivity contribution in [1.29, 1.82) is 0 Å². The van der Waals surface area contributed by atoms with E-state index in [1.54, 1.807) is 23.6 Å². The van der Waals surface area contributed by atoms with Gasteiger partial charge in [0, 0.05) is 11.1 Å². The zero-order chi connectivity index (χ0) is 24.6. The molecule has 0 fully saturated rings. The van der Waals surface area contributed by atoms with Crippen molar-refractivity contribution in [3.8, 4) is 5.75 Å². The highest BCUT2D eigenvalue weighted by atomic mass is 35.5. The van der Waals surface area contributed by atoms with E-state index in [9.17, 15) is 14.4 Å². The fraction of sp³-hybridized carbons (Fsp3) is 0.240. The number of nitrogens with zero attached hydrogens (tertiary/aromatic N) is 2. The van der Waals surface area contributed by atoms with Crippen molar-refractivity contribution < 1.29 is 9.53 Å². The van der Waals surface area contributed by atoms with E-state index in [4.69, 9.17) is 16.3 Å². The Kier molecular flexibility index (Phi) is 6.63. The van der Waals surface area contributed by atoms with E-state index in [1.165, 1.54) is 27.6 Å². The number of hydrogen-bond acceptors (Lipinski definition) is 5. The maximum atomic E-state index is 13.4. The number of benzene rings is 2. The number of fused-ring (bicyclic) bond motifs is 1. The summed E-state index contributed by atoms with van der Waals surface area (Å²) in [6.07, 6.45) is 0. The van der Waals surface area contributed by atoms with Gasteiger partial charge in [0.15, 0.2) is 0 Å². The summed E-state index contributed by atoms with van der Waals surface area (Å²) in [6, 6.07) is 10.9. The van der Waals surface area contributed by atoms with E-state index in [2.05, 4.69) is 5.32 Å². The van der Waals surface area contributed by atoms with Gasteiger partial charge in [-0.15, -0.1) is 11.3 Å². The maximum Gasteiger partial charge on any atom is 0.332 e. The van der Waals surface area contributed by atoms with Crippen LogP contribution in [0.3, 0.4) is 0 Å². The number of aryl methyl sites for hydroxylation is 3. The van der Waals surface area contributed by atoms with E-state index in [0.29, 0.717) is 26.7 Å². The van der Waals surface area contributed by atoms with Gasteiger partial charge in [-0.25, -0.2) is 4.79 Å². The normalized spacial score (nSPS) is 11.1. The van der Waals surface area contributed by atoms with Crippen LogP contribution in [-0.4, -0.2) is 22.2 Å². The number of hydrogen-bond donors (Lipinski definition) is 1. The molecule has 0 aliphatic carbocycles. The zero-order valence-corrected chi connectivity index (χ0v) is 20.8. The third-order valence-electron chi connectivity index (χ3n) is 5.81. The monoisotopic (exact) mass is 497 g/mol. The number of nitrogens with one attached hydrogen (secondary N) is 1. The van der Waals surface area contributed by atoms with Crippen LogP contribution < -0.4 is 21.3 Å². The van der Waals surface area contributed by atoms with Crippen LogP contribution >= 0.6 is 22.9 Å². The van der Waals surface area contributed by atoms with E-state index < -0.39 is 11.6 Å². The number of amides is 1. The fourth-order valence-corrected chi connectivity index (χ4v) is 4.77. The van der Waals surface area contributed by atoms with Gasteiger partial charge in [-0.2, -0.15) is 0 Å². The first-order valence-electron chi connectivity index (χ1n) is 10.6. The molecule has 2 aromatic heterocycles. The van der Waals surface area contributed by atoms with Gasteiger partial charge in [0.05, 0.1) is 24.9 Å².